The monoisotopic (exact) mass is 698 g/mol. The summed E-state index contributed by atoms with van der Waals surface area (Å²) in [5.41, 5.74) is 4.05. The van der Waals surface area contributed by atoms with Crippen molar-refractivity contribution >= 4 is 40.5 Å². The second-order valence-electron chi connectivity index (χ2n) is 13.8. The van der Waals surface area contributed by atoms with Crippen LogP contribution in [0.1, 0.15) is 49.9 Å². The summed E-state index contributed by atoms with van der Waals surface area (Å²) < 4.78 is 0. The molecule has 262 valence electrons. The van der Waals surface area contributed by atoms with Crippen molar-refractivity contribution in [2.45, 2.75) is 83.9 Å². The Morgan fingerprint density at radius 3 is 2.29 bits per heavy atom. The molecule has 0 radical (unpaired) electrons. The van der Waals surface area contributed by atoms with Crippen LogP contribution in [0.15, 0.2) is 53.7 Å². The zero-order valence-electron chi connectivity index (χ0n) is 28.8. The van der Waals surface area contributed by atoms with Gasteiger partial charge < -0.3 is 26.0 Å². The van der Waals surface area contributed by atoms with E-state index in [9.17, 15) is 19.5 Å². The predicted molar refractivity (Wildman–Crippen MR) is 189 cm³/mol. The molecule has 2 aromatic heterocycles. The van der Waals surface area contributed by atoms with E-state index < -0.39 is 29.8 Å². The molecule has 1 saturated heterocycles. The first-order valence-corrected chi connectivity index (χ1v) is 18.1. The Bertz CT molecular complexity index is 1430. The summed E-state index contributed by atoms with van der Waals surface area (Å²) in [6, 6.07) is 7.32. The number of β-amino-alcohol motifs (C(OH)–C–C–N with tert-alkyl or cyclic N) is 1. The van der Waals surface area contributed by atoms with Crippen LogP contribution in [0.3, 0.4) is 0 Å². The number of aliphatic hydroxyl groups is 1. The van der Waals surface area contributed by atoms with Crippen molar-refractivity contribution in [1.82, 2.24) is 40.6 Å². The van der Waals surface area contributed by atoms with Gasteiger partial charge in [0, 0.05) is 67.5 Å². The Balaban J connectivity index is 1.49. The number of thiazole rings is 2. The van der Waals surface area contributed by atoms with Crippen LogP contribution in [0, 0.1) is 5.92 Å². The van der Waals surface area contributed by atoms with E-state index in [-0.39, 0.29) is 30.3 Å². The van der Waals surface area contributed by atoms with Crippen molar-refractivity contribution in [3.05, 3.63) is 69.1 Å². The summed E-state index contributed by atoms with van der Waals surface area (Å²) in [5, 5.41) is 20.9. The lowest BCUT2D eigenvalue weighted by Crippen LogP contribution is -2.63. The molecule has 4 amide bonds. The van der Waals surface area contributed by atoms with Crippen molar-refractivity contribution in [1.29, 1.82) is 0 Å². The van der Waals surface area contributed by atoms with Crippen molar-refractivity contribution in [2.75, 3.05) is 33.2 Å². The molecule has 0 unspecified atom stereocenters. The third-order valence-electron chi connectivity index (χ3n) is 8.20. The van der Waals surface area contributed by atoms with Gasteiger partial charge in [-0.3, -0.25) is 29.4 Å². The van der Waals surface area contributed by atoms with E-state index in [1.807, 2.05) is 81.6 Å². The number of hydrogen-bond donors (Lipinski definition) is 4. The number of hydrogen-bond acceptors (Lipinski definition) is 10. The second kappa shape index (κ2) is 17.3. The number of benzene rings is 1. The van der Waals surface area contributed by atoms with Crippen LogP contribution >= 0.6 is 22.7 Å². The first kappa shape index (κ1) is 37.4. The molecule has 4 atom stereocenters. The van der Waals surface area contributed by atoms with Crippen LogP contribution in [-0.2, 0) is 29.1 Å². The number of nitrogens with one attached hydrogen (secondary N) is 3. The number of urea groups is 1. The highest BCUT2D eigenvalue weighted by Gasteiger charge is 2.37. The van der Waals surface area contributed by atoms with Crippen LogP contribution in [0.25, 0.3) is 0 Å². The van der Waals surface area contributed by atoms with Gasteiger partial charge in [-0.1, -0.05) is 44.2 Å². The molecule has 3 heterocycles. The van der Waals surface area contributed by atoms with Crippen LogP contribution in [0.4, 0.5) is 4.79 Å². The summed E-state index contributed by atoms with van der Waals surface area (Å²) >= 11 is 3.05. The fourth-order valence-electron chi connectivity index (χ4n) is 5.68. The number of amides is 4. The van der Waals surface area contributed by atoms with Crippen molar-refractivity contribution in [2.24, 2.45) is 5.92 Å². The molecule has 1 aromatic carbocycles. The number of piperazine rings is 1. The Labute approximate surface area is 291 Å². The fraction of sp³-hybridized carbons (Fsp3) is 0.559. The molecular weight excluding hydrogens is 649 g/mol. The molecule has 1 aliphatic heterocycles. The predicted octanol–water partition coefficient (Wildman–Crippen LogP) is 2.96. The number of carbonyl (C=O) groups excluding carboxylic acids is 3. The average Bonchev–Trinajstić information content (AvgIpc) is 3.74. The third-order valence-corrected chi connectivity index (χ3v) is 9.73. The first-order valence-electron chi connectivity index (χ1n) is 16.4. The molecule has 1 fully saturated rings. The van der Waals surface area contributed by atoms with Gasteiger partial charge in [0.15, 0.2) is 0 Å². The highest BCUT2D eigenvalue weighted by atomic mass is 32.1. The minimum absolute atomic E-state index is 0.0996. The lowest BCUT2D eigenvalue weighted by Gasteiger charge is -2.43. The molecule has 1 aliphatic rings. The quantitative estimate of drug-likeness (QED) is 0.201. The summed E-state index contributed by atoms with van der Waals surface area (Å²) in [5.74, 6) is -0.685. The van der Waals surface area contributed by atoms with Gasteiger partial charge in [0.25, 0.3) is 0 Å². The van der Waals surface area contributed by atoms with Gasteiger partial charge in [-0.2, -0.15) is 0 Å². The van der Waals surface area contributed by atoms with Gasteiger partial charge in [0.1, 0.15) is 12.1 Å². The maximum Gasteiger partial charge on any atom is 0.318 e. The average molecular weight is 699 g/mol. The summed E-state index contributed by atoms with van der Waals surface area (Å²) in [6.45, 7) is 12.7. The third kappa shape index (κ3) is 11.3. The standard InChI is InChI=1S/C34H50N8O4S2/c1-23(2)30(38-33(46)40(6)17-25-15-35-21-47-25)32(45)37-27(14-24-10-8-7-9-11-24)29(43)20-42-13-12-41(18-26-16-36-22-48-26)19-28(42)31(44)39-34(3,4)5/h7-11,15-16,21-23,27-30,43H,12-14,17-20H2,1-6H3,(H,37,45)(H,38,46)(H,39,44)/t27-,28-,29-,30+/m0/s1. The second-order valence-corrected chi connectivity index (χ2v) is 15.8. The zero-order chi connectivity index (χ0) is 34.8. The summed E-state index contributed by atoms with van der Waals surface area (Å²) in [7, 11) is 1.68. The van der Waals surface area contributed by atoms with E-state index in [1.165, 1.54) is 16.2 Å². The van der Waals surface area contributed by atoms with Crippen molar-refractivity contribution < 1.29 is 19.5 Å². The maximum atomic E-state index is 13.8. The summed E-state index contributed by atoms with van der Waals surface area (Å²) in [4.78, 5) is 56.7. The molecule has 0 bridgehead atoms. The van der Waals surface area contributed by atoms with Gasteiger partial charge in [-0.15, -0.1) is 22.7 Å². The zero-order valence-corrected chi connectivity index (χ0v) is 30.4. The maximum absolute atomic E-state index is 13.8. The first-order chi connectivity index (χ1) is 22.8. The largest absolute Gasteiger partial charge is 0.390 e. The molecule has 4 N–H and O–H groups in total. The van der Waals surface area contributed by atoms with E-state index in [2.05, 4.69) is 30.8 Å². The van der Waals surface area contributed by atoms with Gasteiger partial charge in [-0.25, -0.2) is 4.79 Å². The van der Waals surface area contributed by atoms with Gasteiger partial charge in [0.05, 0.1) is 29.7 Å². The number of aliphatic hydroxyl groups excluding tert-OH is 1. The highest BCUT2D eigenvalue weighted by Crippen LogP contribution is 2.19. The number of aromatic nitrogens is 2. The Morgan fingerprint density at radius 2 is 1.69 bits per heavy atom. The van der Waals surface area contributed by atoms with Crippen molar-refractivity contribution in [3.8, 4) is 0 Å². The van der Waals surface area contributed by atoms with Crippen LogP contribution in [0.2, 0.25) is 0 Å². The molecular formula is C34H50N8O4S2. The molecule has 14 heteroatoms. The molecule has 0 saturated carbocycles. The van der Waals surface area contributed by atoms with Gasteiger partial charge in [0.2, 0.25) is 11.8 Å². The van der Waals surface area contributed by atoms with E-state index in [1.54, 1.807) is 30.1 Å². The molecule has 12 nitrogen and oxygen atoms in total. The summed E-state index contributed by atoms with van der Waals surface area (Å²) in [6.07, 6.45) is 2.95. The molecule has 3 aromatic rings. The normalized spacial score (nSPS) is 17.8. The van der Waals surface area contributed by atoms with Crippen molar-refractivity contribution in [3.63, 3.8) is 0 Å². The minimum Gasteiger partial charge on any atom is -0.390 e. The van der Waals surface area contributed by atoms with Crippen LogP contribution in [0.5, 0.6) is 0 Å². The van der Waals surface area contributed by atoms with Gasteiger partial charge in [-0.05, 0) is 38.7 Å². The molecule has 48 heavy (non-hydrogen) atoms. The van der Waals surface area contributed by atoms with E-state index in [4.69, 9.17) is 0 Å². The molecule has 4 rings (SSSR count). The van der Waals surface area contributed by atoms with E-state index in [0.717, 1.165) is 21.9 Å². The fourth-order valence-corrected chi connectivity index (χ4v) is 6.96. The lowest BCUT2D eigenvalue weighted by molar-refractivity contribution is -0.132. The topological polar surface area (TPSA) is 143 Å². The van der Waals surface area contributed by atoms with Crippen LogP contribution in [-0.4, -0.2) is 111 Å². The lowest BCUT2D eigenvalue weighted by atomic mass is 9.97. The Hall–Kier alpha value is -3.43. The van der Waals surface area contributed by atoms with E-state index >= 15 is 0 Å². The number of nitrogens with zero attached hydrogens (tertiary/aromatic N) is 5. The number of rotatable bonds is 14. The SMILES string of the molecule is CC(C)[C@@H](NC(=O)N(C)Cc1cncs1)C(=O)N[C@@H](Cc1ccccc1)[C@@H](O)CN1CCN(Cc2cncs2)C[C@H]1C(=O)NC(C)(C)C. The van der Waals surface area contributed by atoms with E-state index in [0.29, 0.717) is 32.6 Å². The molecule has 0 spiro atoms. The Morgan fingerprint density at radius 1 is 1.02 bits per heavy atom. The molecule has 0 aliphatic carbocycles. The Kier molecular flexibility index (Phi) is 13.5. The highest BCUT2D eigenvalue weighted by molar-refractivity contribution is 7.09. The minimum atomic E-state index is -0.996. The van der Waals surface area contributed by atoms with Crippen LogP contribution < -0.4 is 16.0 Å². The smallest absolute Gasteiger partial charge is 0.318 e. The van der Waals surface area contributed by atoms with Gasteiger partial charge >= 0.3 is 6.03 Å². The number of carbonyl (C=O) groups is 3.